The van der Waals surface area contributed by atoms with Crippen molar-refractivity contribution >= 4 is 11.8 Å². The molecule has 0 radical (unpaired) electrons. The zero-order valence-electron chi connectivity index (χ0n) is 17.8. The topological polar surface area (TPSA) is 64.0 Å². The van der Waals surface area contributed by atoms with Gasteiger partial charge in [0.05, 0.1) is 13.2 Å². The highest BCUT2D eigenvalue weighted by molar-refractivity contribution is 5.85. The highest BCUT2D eigenvalue weighted by Crippen LogP contribution is 2.11. The second kappa shape index (κ2) is 12.6. The summed E-state index contributed by atoms with van der Waals surface area (Å²) in [5.41, 5.74) is 2.20. The van der Waals surface area contributed by atoms with E-state index in [0.717, 1.165) is 12.2 Å². The number of nitrogens with zero attached hydrogens (tertiary/aromatic N) is 3. The van der Waals surface area contributed by atoms with E-state index in [1.54, 1.807) is 18.1 Å². The molecule has 0 aliphatic carbocycles. The van der Waals surface area contributed by atoms with Gasteiger partial charge in [-0.3, -0.25) is 9.59 Å². The first-order valence-electron chi connectivity index (χ1n) is 9.91. The summed E-state index contributed by atoms with van der Waals surface area (Å²) < 4.78 is 12.2. The SMILES string of the molecule is C=CCN(CC(=O)N(CCOC)Cc1cccn1Cc1ccccc1)C(=O)COC. The van der Waals surface area contributed by atoms with Crippen molar-refractivity contribution in [2.24, 2.45) is 0 Å². The Balaban J connectivity index is 2.11. The average Bonchev–Trinajstić information content (AvgIpc) is 3.18. The predicted octanol–water partition coefficient (Wildman–Crippen LogP) is 2.17. The Morgan fingerprint density at radius 3 is 2.47 bits per heavy atom. The molecule has 0 aliphatic rings. The summed E-state index contributed by atoms with van der Waals surface area (Å²) in [5, 5.41) is 0. The summed E-state index contributed by atoms with van der Waals surface area (Å²) in [7, 11) is 3.06. The van der Waals surface area contributed by atoms with E-state index in [2.05, 4.69) is 23.3 Å². The first-order valence-corrected chi connectivity index (χ1v) is 9.91. The maximum absolute atomic E-state index is 13.0. The molecule has 1 heterocycles. The number of aromatic nitrogens is 1. The minimum atomic E-state index is -0.245. The quantitative estimate of drug-likeness (QED) is 0.472. The van der Waals surface area contributed by atoms with E-state index in [0.29, 0.717) is 19.7 Å². The number of hydrogen-bond donors (Lipinski definition) is 0. The Kier molecular flexibility index (Phi) is 9.83. The molecule has 0 N–H and O–H groups in total. The van der Waals surface area contributed by atoms with E-state index in [1.165, 1.54) is 17.6 Å². The minimum absolute atomic E-state index is 0.0304. The molecule has 2 aromatic rings. The van der Waals surface area contributed by atoms with Crippen LogP contribution in [0.3, 0.4) is 0 Å². The number of rotatable bonds is 13. The number of carbonyl (C=O) groups excluding carboxylic acids is 2. The third-order valence-electron chi connectivity index (χ3n) is 4.69. The molecule has 0 saturated heterocycles. The van der Waals surface area contributed by atoms with Gasteiger partial charge in [-0.15, -0.1) is 6.58 Å². The van der Waals surface area contributed by atoms with Gasteiger partial charge in [-0.2, -0.15) is 0 Å². The summed E-state index contributed by atoms with van der Waals surface area (Å²) in [4.78, 5) is 28.4. The van der Waals surface area contributed by atoms with Gasteiger partial charge in [0.15, 0.2) is 0 Å². The van der Waals surface area contributed by atoms with Crippen LogP contribution in [0, 0.1) is 0 Å². The number of ether oxygens (including phenoxy) is 2. The molecule has 2 rings (SSSR count). The molecule has 0 unspecified atom stereocenters. The first-order chi connectivity index (χ1) is 14.6. The monoisotopic (exact) mass is 413 g/mol. The normalized spacial score (nSPS) is 10.6. The first kappa shape index (κ1) is 23.4. The molecular formula is C23H31N3O4. The highest BCUT2D eigenvalue weighted by Gasteiger charge is 2.21. The summed E-state index contributed by atoms with van der Waals surface area (Å²) in [6.45, 7) is 5.87. The number of benzene rings is 1. The van der Waals surface area contributed by atoms with Gasteiger partial charge in [0.2, 0.25) is 11.8 Å². The lowest BCUT2D eigenvalue weighted by Gasteiger charge is -2.27. The average molecular weight is 414 g/mol. The fraction of sp³-hybridized carbons (Fsp3) is 0.391. The Morgan fingerprint density at radius 2 is 1.80 bits per heavy atom. The van der Waals surface area contributed by atoms with Crippen LogP contribution in [-0.2, 0) is 32.2 Å². The minimum Gasteiger partial charge on any atom is -0.383 e. The van der Waals surface area contributed by atoms with E-state index in [-0.39, 0.29) is 31.5 Å². The van der Waals surface area contributed by atoms with Gasteiger partial charge in [0.1, 0.15) is 13.2 Å². The van der Waals surface area contributed by atoms with Crippen molar-refractivity contribution in [3.05, 3.63) is 72.6 Å². The molecule has 162 valence electrons. The van der Waals surface area contributed by atoms with E-state index in [9.17, 15) is 9.59 Å². The summed E-state index contributed by atoms with van der Waals surface area (Å²) in [6.07, 6.45) is 3.61. The van der Waals surface area contributed by atoms with Gasteiger partial charge in [0.25, 0.3) is 0 Å². The zero-order valence-corrected chi connectivity index (χ0v) is 17.8. The van der Waals surface area contributed by atoms with Crippen molar-refractivity contribution in [1.82, 2.24) is 14.4 Å². The third-order valence-corrected chi connectivity index (χ3v) is 4.69. The Labute approximate surface area is 178 Å². The fourth-order valence-corrected chi connectivity index (χ4v) is 3.10. The highest BCUT2D eigenvalue weighted by atomic mass is 16.5. The molecule has 1 aromatic heterocycles. The lowest BCUT2D eigenvalue weighted by molar-refractivity contribution is -0.142. The van der Waals surface area contributed by atoms with Crippen molar-refractivity contribution < 1.29 is 19.1 Å². The van der Waals surface area contributed by atoms with Gasteiger partial charge in [-0.25, -0.2) is 0 Å². The van der Waals surface area contributed by atoms with Crippen LogP contribution in [0.5, 0.6) is 0 Å². The van der Waals surface area contributed by atoms with Crippen LogP contribution < -0.4 is 0 Å². The summed E-state index contributed by atoms with van der Waals surface area (Å²) in [5.74, 6) is -0.393. The summed E-state index contributed by atoms with van der Waals surface area (Å²) in [6, 6.07) is 14.1. The van der Waals surface area contributed by atoms with Crippen molar-refractivity contribution in [2.45, 2.75) is 13.1 Å². The maximum atomic E-state index is 13.0. The van der Waals surface area contributed by atoms with Crippen LogP contribution in [0.1, 0.15) is 11.3 Å². The van der Waals surface area contributed by atoms with Crippen molar-refractivity contribution in [3.8, 4) is 0 Å². The van der Waals surface area contributed by atoms with E-state index < -0.39 is 0 Å². The van der Waals surface area contributed by atoms with Crippen LogP contribution in [0.25, 0.3) is 0 Å². The Morgan fingerprint density at radius 1 is 1.03 bits per heavy atom. The van der Waals surface area contributed by atoms with Gasteiger partial charge in [-0.05, 0) is 17.7 Å². The van der Waals surface area contributed by atoms with E-state index in [4.69, 9.17) is 9.47 Å². The van der Waals surface area contributed by atoms with Crippen molar-refractivity contribution in [1.29, 1.82) is 0 Å². The largest absolute Gasteiger partial charge is 0.383 e. The molecule has 0 atom stereocenters. The molecule has 0 bridgehead atoms. The second-order valence-electron chi connectivity index (χ2n) is 6.92. The molecule has 0 fully saturated rings. The van der Waals surface area contributed by atoms with Gasteiger partial charge >= 0.3 is 0 Å². The zero-order chi connectivity index (χ0) is 21.8. The van der Waals surface area contributed by atoms with E-state index >= 15 is 0 Å². The standard InChI is InChI=1S/C23H31N3O4/c1-4-12-25(23(28)19-30-3)18-22(27)26(14-15-29-2)17-21-11-8-13-24(21)16-20-9-6-5-7-10-20/h4-11,13H,1,12,14-19H2,2-3H3. The molecular weight excluding hydrogens is 382 g/mol. The smallest absolute Gasteiger partial charge is 0.249 e. The van der Waals surface area contributed by atoms with Crippen molar-refractivity contribution in [2.75, 3.05) is 47.1 Å². The number of carbonyl (C=O) groups is 2. The summed E-state index contributed by atoms with van der Waals surface area (Å²) >= 11 is 0. The molecule has 0 saturated carbocycles. The molecule has 0 aliphatic heterocycles. The van der Waals surface area contributed by atoms with Gasteiger partial charge in [-0.1, -0.05) is 36.4 Å². The fourth-order valence-electron chi connectivity index (χ4n) is 3.10. The van der Waals surface area contributed by atoms with Gasteiger partial charge < -0.3 is 23.8 Å². The molecule has 2 amide bonds. The van der Waals surface area contributed by atoms with E-state index in [1.807, 2.05) is 36.5 Å². The molecule has 1 aromatic carbocycles. The van der Waals surface area contributed by atoms with Crippen LogP contribution in [0.2, 0.25) is 0 Å². The number of amides is 2. The van der Waals surface area contributed by atoms with Crippen LogP contribution in [0.4, 0.5) is 0 Å². The third kappa shape index (κ3) is 7.17. The Hall–Kier alpha value is -2.90. The van der Waals surface area contributed by atoms with Crippen LogP contribution in [0.15, 0.2) is 61.3 Å². The number of hydrogen-bond acceptors (Lipinski definition) is 4. The Bertz CT molecular complexity index is 804. The molecule has 7 heteroatoms. The predicted molar refractivity (Wildman–Crippen MR) is 116 cm³/mol. The van der Waals surface area contributed by atoms with Crippen LogP contribution in [-0.4, -0.2) is 73.2 Å². The molecule has 30 heavy (non-hydrogen) atoms. The second-order valence-corrected chi connectivity index (χ2v) is 6.92. The lowest BCUT2D eigenvalue weighted by Crippen LogP contribution is -2.45. The van der Waals surface area contributed by atoms with Crippen molar-refractivity contribution in [3.63, 3.8) is 0 Å². The van der Waals surface area contributed by atoms with Crippen LogP contribution >= 0.6 is 0 Å². The maximum Gasteiger partial charge on any atom is 0.249 e. The lowest BCUT2D eigenvalue weighted by atomic mass is 10.2. The molecule has 7 nitrogen and oxygen atoms in total. The van der Waals surface area contributed by atoms with Gasteiger partial charge in [0, 0.05) is 45.7 Å². The molecule has 0 spiro atoms. The number of methoxy groups -OCH3 is 2.